The molecule has 4 aromatic rings. The molecule has 3 aromatic carbocycles. The fourth-order valence-corrected chi connectivity index (χ4v) is 6.75. The summed E-state index contributed by atoms with van der Waals surface area (Å²) in [5.41, 5.74) is 3.70. The number of hydrogen-bond acceptors (Lipinski definition) is 8. The van der Waals surface area contributed by atoms with Crippen molar-refractivity contribution in [1.82, 2.24) is 14.8 Å². The largest absolute Gasteiger partial charge is 0.493 e. The molecule has 1 aliphatic heterocycles. The molecule has 1 atom stereocenters. The van der Waals surface area contributed by atoms with E-state index in [1.54, 1.807) is 11.8 Å². The smallest absolute Gasteiger partial charge is 0.338 e. The third-order valence-corrected chi connectivity index (χ3v) is 9.24. The van der Waals surface area contributed by atoms with E-state index in [4.69, 9.17) is 35.9 Å². The van der Waals surface area contributed by atoms with Crippen LogP contribution < -0.4 is 14.8 Å². The second kappa shape index (κ2) is 15.7. The van der Waals surface area contributed by atoms with Crippen molar-refractivity contribution in [1.29, 1.82) is 0 Å². The summed E-state index contributed by atoms with van der Waals surface area (Å²) >= 11 is 11.6. The van der Waals surface area contributed by atoms with Gasteiger partial charge in [0.2, 0.25) is 11.1 Å². The fourth-order valence-electron chi connectivity index (χ4n) is 5.06. The quantitative estimate of drug-likeness (QED) is 0.0788. The SMILES string of the molecule is CCCCCCOc1c(Br)cc(C2C(C(=O)OCc3ccccc3)=C(C)Nc3nc(SCc4ccccc4Cl)nn32)cc1OC. The van der Waals surface area contributed by atoms with Crippen LogP contribution in [0.1, 0.15) is 62.3 Å². The molecule has 0 saturated carbocycles. The van der Waals surface area contributed by atoms with E-state index in [9.17, 15) is 4.79 Å². The van der Waals surface area contributed by atoms with Gasteiger partial charge in [-0.2, -0.15) is 4.98 Å². The molecule has 1 aromatic heterocycles. The van der Waals surface area contributed by atoms with Gasteiger partial charge in [0.15, 0.2) is 11.5 Å². The number of anilines is 1. The van der Waals surface area contributed by atoms with Crippen LogP contribution >= 0.6 is 39.3 Å². The number of aromatic nitrogens is 3. The van der Waals surface area contributed by atoms with E-state index in [-0.39, 0.29) is 6.61 Å². The van der Waals surface area contributed by atoms with Gasteiger partial charge in [-0.05, 0) is 64.2 Å². The summed E-state index contributed by atoms with van der Waals surface area (Å²) in [6.07, 6.45) is 4.39. The maximum atomic E-state index is 13.8. The van der Waals surface area contributed by atoms with Gasteiger partial charge in [-0.1, -0.05) is 98.1 Å². The molecule has 0 bridgehead atoms. The van der Waals surface area contributed by atoms with Crippen LogP contribution in [0.3, 0.4) is 0 Å². The van der Waals surface area contributed by atoms with Gasteiger partial charge in [0.05, 0.1) is 23.8 Å². The van der Waals surface area contributed by atoms with E-state index >= 15 is 0 Å². The predicted molar refractivity (Wildman–Crippen MR) is 182 cm³/mol. The van der Waals surface area contributed by atoms with Crippen LogP contribution in [-0.4, -0.2) is 34.5 Å². The van der Waals surface area contributed by atoms with Crippen molar-refractivity contribution < 1.29 is 19.0 Å². The number of esters is 1. The molecular formula is C34H36BrClN4O4S. The number of halogens is 2. The Morgan fingerprint density at radius 2 is 1.87 bits per heavy atom. The van der Waals surface area contributed by atoms with Crippen molar-refractivity contribution in [3.63, 3.8) is 0 Å². The average Bonchev–Trinajstić information content (AvgIpc) is 3.45. The Hall–Kier alpha value is -3.47. The molecule has 1 N–H and O–H groups in total. The highest BCUT2D eigenvalue weighted by atomic mass is 79.9. The van der Waals surface area contributed by atoms with E-state index in [1.807, 2.05) is 73.7 Å². The number of nitrogens with zero attached hydrogens (tertiary/aromatic N) is 3. The Morgan fingerprint density at radius 1 is 1.09 bits per heavy atom. The molecule has 1 aliphatic rings. The highest BCUT2D eigenvalue weighted by Gasteiger charge is 2.36. The number of carbonyl (C=O) groups is 1. The molecule has 0 radical (unpaired) electrons. The van der Waals surface area contributed by atoms with Crippen molar-refractivity contribution in [2.24, 2.45) is 0 Å². The highest BCUT2D eigenvalue weighted by molar-refractivity contribution is 9.10. The molecule has 0 amide bonds. The molecule has 8 nitrogen and oxygen atoms in total. The monoisotopic (exact) mass is 710 g/mol. The molecule has 0 spiro atoms. The third-order valence-electron chi connectivity index (χ3n) is 7.39. The molecular weight excluding hydrogens is 676 g/mol. The Kier molecular flexibility index (Phi) is 11.5. The zero-order valence-corrected chi connectivity index (χ0v) is 28.7. The molecule has 236 valence electrons. The van der Waals surface area contributed by atoms with Crippen molar-refractivity contribution in [2.45, 2.75) is 63.1 Å². The molecule has 5 rings (SSSR count). The average molecular weight is 712 g/mol. The van der Waals surface area contributed by atoms with Crippen LogP contribution in [0.4, 0.5) is 5.95 Å². The number of fused-ring (bicyclic) bond motifs is 1. The summed E-state index contributed by atoms with van der Waals surface area (Å²) in [5, 5.41) is 9.38. The lowest BCUT2D eigenvalue weighted by Gasteiger charge is -2.29. The Labute approximate surface area is 281 Å². The fraction of sp³-hybridized carbons (Fsp3) is 0.324. The summed E-state index contributed by atoms with van der Waals surface area (Å²) in [6.45, 7) is 4.75. The van der Waals surface area contributed by atoms with E-state index in [0.29, 0.717) is 51.3 Å². The minimum atomic E-state index is -0.643. The second-order valence-corrected chi connectivity index (χ2v) is 12.8. The Balaban J connectivity index is 1.48. The van der Waals surface area contributed by atoms with E-state index < -0.39 is 12.0 Å². The van der Waals surface area contributed by atoms with Crippen molar-refractivity contribution >= 4 is 51.2 Å². The van der Waals surface area contributed by atoms with Crippen LogP contribution in [0.15, 0.2) is 87.6 Å². The van der Waals surface area contributed by atoms with Gasteiger partial charge in [-0.15, -0.1) is 5.10 Å². The van der Waals surface area contributed by atoms with Gasteiger partial charge >= 0.3 is 5.97 Å². The number of thioether (sulfide) groups is 1. The first-order chi connectivity index (χ1) is 21.9. The summed E-state index contributed by atoms with van der Waals surface area (Å²) in [7, 11) is 1.61. The van der Waals surface area contributed by atoms with Gasteiger partial charge in [-0.3, -0.25) is 0 Å². The van der Waals surface area contributed by atoms with Crippen molar-refractivity contribution in [3.05, 3.63) is 104 Å². The third kappa shape index (κ3) is 8.04. The molecule has 45 heavy (non-hydrogen) atoms. The predicted octanol–water partition coefficient (Wildman–Crippen LogP) is 8.99. The summed E-state index contributed by atoms with van der Waals surface area (Å²) in [6, 6.07) is 20.5. The maximum absolute atomic E-state index is 13.8. The number of ether oxygens (including phenoxy) is 3. The van der Waals surface area contributed by atoms with Crippen molar-refractivity contribution in [2.75, 3.05) is 19.0 Å². The first-order valence-electron chi connectivity index (χ1n) is 14.9. The molecule has 0 saturated heterocycles. The van der Waals surface area contributed by atoms with Gasteiger partial charge < -0.3 is 19.5 Å². The minimum absolute atomic E-state index is 0.143. The van der Waals surface area contributed by atoms with E-state index in [2.05, 4.69) is 28.2 Å². The van der Waals surface area contributed by atoms with Crippen LogP contribution in [0.25, 0.3) is 0 Å². The van der Waals surface area contributed by atoms with Gasteiger partial charge in [0.1, 0.15) is 12.6 Å². The maximum Gasteiger partial charge on any atom is 0.338 e. The zero-order valence-electron chi connectivity index (χ0n) is 25.5. The lowest BCUT2D eigenvalue weighted by Crippen LogP contribution is -2.29. The van der Waals surface area contributed by atoms with Gasteiger partial charge in [0.25, 0.3) is 0 Å². The molecule has 2 heterocycles. The first-order valence-corrected chi connectivity index (χ1v) is 17.1. The van der Waals surface area contributed by atoms with E-state index in [0.717, 1.165) is 40.4 Å². The van der Waals surface area contributed by atoms with Gasteiger partial charge in [0, 0.05) is 16.5 Å². The van der Waals surface area contributed by atoms with Crippen LogP contribution in [-0.2, 0) is 21.9 Å². The molecule has 11 heteroatoms. The van der Waals surface area contributed by atoms with Crippen molar-refractivity contribution in [3.8, 4) is 11.5 Å². The minimum Gasteiger partial charge on any atom is -0.493 e. The Morgan fingerprint density at radius 3 is 2.62 bits per heavy atom. The number of nitrogens with one attached hydrogen (secondary N) is 1. The lowest BCUT2D eigenvalue weighted by molar-refractivity contribution is -0.140. The first kappa shape index (κ1) is 32.9. The summed E-state index contributed by atoms with van der Waals surface area (Å²) in [5.74, 6) is 1.83. The van der Waals surface area contributed by atoms with Gasteiger partial charge in [-0.25, -0.2) is 9.48 Å². The summed E-state index contributed by atoms with van der Waals surface area (Å²) in [4.78, 5) is 18.6. The topological polar surface area (TPSA) is 87.5 Å². The number of unbranched alkanes of at least 4 members (excludes halogenated alkanes) is 3. The molecule has 0 aliphatic carbocycles. The second-order valence-electron chi connectivity index (χ2n) is 10.6. The highest BCUT2D eigenvalue weighted by Crippen LogP contribution is 2.43. The van der Waals surface area contributed by atoms with Crippen LogP contribution in [0.5, 0.6) is 11.5 Å². The summed E-state index contributed by atoms with van der Waals surface area (Å²) < 4.78 is 20.2. The van der Waals surface area contributed by atoms with Crippen LogP contribution in [0, 0.1) is 0 Å². The number of hydrogen-bond donors (Lipinski definition) is 1. The number of rotatable bonds is 14. The lowest BCUT2D eigenvalue weighted by atomic mass is 9.95. The Bertz CT molecular complexity index is 1660. The number of benzene rings is 3. The standard InChI is InChI=1S/C34H36BrClN4O4S/c1-4-5-6-12-17-43-31-26(35)18-25(19-28(31)42-3)30-29(32(41)44-20-23-13-8-7-9-14-23)22(2)37-33-38-34(39-40(30)33)45-21-24-15-10-11-16-27(24)36/h7-11,13-16,18-19,30H,4-6,12,17,20-21H2,1-3H3,(H,37,38,39). The normalized spacial score (nSPS) is 14.1. The van der Waals surface area contributed by atoms with Crippen LogP contribution in [0.2, 0.25) is 5.02 Å². The molecule has 1 unspecified atom stereocenters. The number of carbonyl (C=O) groups excluding carboxylic acids is 1. The number of methoxy groups -OCH3 is 1. The van der Waals surface area contributed by atoms with E-state index in [1.165, 1.54) is 18.2 Å². The number of allylic oxidation sites excluding steroid dienone is 1. The zero-order chi connectivity index (χ0) is 31.8. The molecule has 0 fully saturated rings.